The first-order chi connectivity index (χ1) is 19.4. The number of ether oxygens (including phenoxy) is 1. The van der Waals surface area contributed by atoms with Gasteiger partial charge in [-0.3, -0.25) is 14.4 Å². The van der Waals surface area contributed by atoms with Gasteiger partial charge in [-0.05, 0) is 66.2 Å². The van der Waals surface area contributed by atoms with Crippen molar-refractivity contribution in [3.63, 3.8) is 0 Å². The molecular weight excluding hydrogens is 546 g/mol. The first-order valence-electron chi connectivity index (χ1n) is 12.2. The minimum absolute atomic E-state index is 0.105. The largest absolute Gasteiger partial charge is 0.495 e. The minimum atomic E-state index is -0.467. The van der Waals surface area contributed by atoms with E-state index in [-0.39, 0.29) is 23.3 Å². The van der Waals surface area contributed by atoms with Crippen molar-refractivity contribution < 1.29 is 19.1 Å². The standard InChI is InChI=1S/C31H26ClN3O4S/c1-39-28-17-14-24(19-26(28)32)33-29(36)20-40-25-15-12-23(13-16-25)34-31(38)27(18-21-8-4-2-5-9-21)35-30(37)22-10-6-3-7-11-22/h2-19H,20H2,1H3,(H,33,36)(H,34,38)(H,35,37)/b27-18-. The quantitative estimate of drug-likeness (QED) is 0.149. The second kappa shape index (κ2) is 14.0. The first kappa shape index (κ1) is 28.5. The molecule has 0 atom stereocenters. The highest BCUT2D eigenvalue weighted by Gasteiger charge is 2.15. The van der Waals surface area contributed by atoms with Crippen molar-refractivity contribution in [2.24, 2.45) is 0 Å². The van der Waals surface area contributed by atoms with E-state index in [4.69, 9.17) is 16.3 Å². The zero-order valence-corrected chi connectivity index (χ0v) is 23.1. The number of carbonyl (C=O) groups excluding carboxylic acids is 3. The molecule has 4 aromatic carbocycles. The van der Waals surface area contributed by atoms with E-state index < -0.39 is 5.91 Å². The average molecular weight is 572 g/mol. The molecule has 9 heteroatoms. The number of hydrogen-bond acceptors (Lipinski definition) is 5. The van der Waals surface area contributed by atoms with E-state index in [1.54, 1.807) is 72.8 Å². The predicted molar refractivity (Wildman–Crippen MR) is 161 cm³/mol. The van der Waals surface area contributed by atoms with Crippen LogP contribution in [0.25, 0.3) is 6.08 Å². The van der Waals surface area contributed by atoms with Crippen molar-refractivity contribution in [1.29, 1.82) is 0 Å². The number of nitrogens with one attached hydrogen (secondary N) is 3. The molecule has 4 rings (SSSR count). The maximum Gasteiger partial charge on any atom is 0.272 e. The summed E-state index contributed by atoms with van der Waals surface area (Å²) < 4.78 is 5.12. The van der Waals surface area contributed by atoms with Crippen molar-refractivity contribution in [3.8, 4) is 5.75 Å². The molecule has 0 aliphatic carbocycles. The van der Waals surface area contributed by atoms with E-state index in [0.29, 0.717) is 27.7 Å². The first-order valence-corrected chi connectivity index (χ1v) is 13.6. The molecule has 0 aliphatic rings. The molecule has 0 radical (unpaired) electrons. The molecule has 0 heterocycles. The summed E-state index contributed by atoms with van der Waals surface area (Å²) >= 11 is 7.46. The van der Waals surface area contributed by atoms with Crippen molar-refractivity contribution in [2.45, 2.75) is 4.90 Å². The second-order valence-corrected chi connectivity index (χ2v) is 9.91. The molecular formula is C31H26ClN3O4S. The van der Waals surface area contributed by atoms with E-state index >= 15 is 0 Å². The monoisotopic (exact) mass is 571 g/mol. The van der Waals surface area contributed by atoms with Crippen LogP contribution < -0.4 is 20.7 Å². The Kier molecular flexibility index (Phi) is 9.99. The molecule has 0 bridgehead atoms. The summed E-state index contributed by atoms with van der Waals surface area (Å²) in [6.45, 7) is 0. The van der Waals surface area contributed by atoms with Gasteiger partial charge in [0, 0.05) is 21.8 Å². The van der Waals surface area contributed by atoms with Crippen LogP contribution >= 0.6 is 23.4 Å². The lowest BCUT2D eigenvalue weighted by molar-refractivity contribution is -0.114. The predicted octanol–water partition coefficient (Wildman–Crippen LogP) is 6.49. The summed E-state index contributed by atoms with van der Waals surface area (Å²) in [5.74, 6) is -0.327. The molecule has 0 spiro atoms. The minimum Gasteiger partial charge on any atom is -0.495 e. The maximum absolute atomic E-state index is 13.2. The van der Waals surface area contributed by atoms with Crippen molar-refractivity contribution in [1.82, 2.24) is 5.32 Å². The number of anilines is 2. The third-order valence-electron chi connectivity index (χ3n) is 5.56. The number of rotatable bonds is 10. The van der Waals surface area contributed by atoms with Gasteiger partial charge < -0.3 is 20.7 Å². The molecule has 3 N–H and O–H groups in total. The molecule has 0 aromatic heterocycles. The van der Waals surface area contributed by atoms with Crippen LogP contribution in [-0.4, -0.2) is 30.6 Å². The fraction of sp³-hybridized carbons (Fsp3) is 0.0645. The average Bonchev–Trinajstić information content (AvgIpc) is 2.97. The van der Waals surface area contributed by atoms with Crippen molar-refractivity contribution in [2.75, 3.05) is 23.5 Å². The molecule has 7 nitrogen and oxygen atoms in total. The SMILES string of the molecule is COc1ccc(NC(=O)CSc2ccc(NC(=O)/C(=C/c3ccccc3)NC(=O)c3ccccc3)cc2)cc1Cl. The van der Waals surface area contributed by atoms with Gasteiger partial charge in [-0.2, -0.15) is 0 Å². The molecule has 202 valence electrons. The van der Waals surface area contributed by atoms with Crippen LogP contribution in [0, 0.1) is 0 Å². The second-order valence-electron chi connectivity index (χ2n) is 8.45. The van der Waals surface area contributed by atoms with Crippen molar-refractivity contribution >= 4 is 58.5 Å². The summed E-state index contributed by atoms with van der Waals surface area (Å²) in [7, 11) is 1.52. The Labute approximate surface area is 241 Å². The molecule has 0 unspecified atom stereocenters. The Morgan fingerprint density at radius 2 is 1.48 bits per heavy atom. The summed E-state index contributed by atoms with van der Waals surface area (Å²) in [4.78, 5) is 39.1. The fourth-order valence-electron chi connectivity index (χ4n) is 3.58. The fourth-order valence-corrected chi connectivity index (χ4v) is 4.54. The van der Waals surface area contributed by atoms with Gasteiger partial charge in [-0.15, -0.1) is 11.8 Å². The normalized spacial score (nSPS) is 10.9. The number of carbonyl (C=O) groups is 3. The van der Waals surface area contributed by atoms with Crippen LogP contribution in [-0.2, 0) is 9.59 Å². The van der Waals surface area contributed by atoms with Gasteiger partial charge in [0.2, 0.25) is 5.91 Å². The van der Waals surface area contributed by atoms with Crippen LogP contribution in [0.4, 0.5) is 11.4 Å². The number of benzene rings is 4. The van der Waals surface area contributed by atoms with Crippen LogP contribution in [0.15, 0.2) is 114 Å². The van der Waals surface area contributed by atoms with Gasteiger partial charge in [0.05, 0.1) is 17.9 Å². The molecule has 0 aliphatic heterocycles. The lowest BCUT2D eigenvalue weighted by Gasteiger charge is -2.12. The molecule has 0 fully saturated rings. The van der Waals surface area contributed by atoms with Crippen LogP contribution in [0.2, 0.25) is 5.02 Å². The zero-order valence-electron chi connectivity index (χ0n) is 21.5. The number of methoxy groups -OCH3 is 1. The Hall–Kier alpha value is -4.53. The highest BCUT2D eigenvalue weighted by Crippen LogP contribution is 2.27. The van der Waals surface area contributed by atoms with Gasteiger partial charge in [0.1, 0.15) is 11.4 Å². The Morgan fingerprint density at radius 3 is 2.12 bits per heavy atom. The van der Waals surface area contributed by atoms with E-state index in [1.807, 2.05) is 36.4 Å². The summed E-state index contributed by atoms with van der Waals surface area (Å²) in [6, 6.07) is 30.1. The third-order valence-corrected chi connectivity index (χ3v) is 6.86. The maximum atomic E-state index is 13.2. The Morgan fingerprint density at radius 1 is 0.825 bits per heavy atom. The lowest BCUT2D eigenvalue weighted by atomic mass is 10.1. The smallest absolute Gasteiger partial charge is 0.272 e. The van der Waals surface area contributed by atoms with Gasteiger partial charge in [0.15, 0.2) is 0 Å². The lowest BCUT2D eigenvalue weighted by Crippen LogP contribution is -2.30. The highest BCUT2D eigenvalue weighted by molar-refractivity contribution is 8.00. The number of amides is 3. The topological polar surface area (TPSA) is 96.5 Å². The van der Waals surface area contributed by atoms with Gasteiger partial charge >= 0.3 is 0 Å². The number of hydrogen-bond donors (Lipinski definition) is 3. The van der Waals surface area contributed by atoms with Crippen LogP contribution in [0.3, 0.4) is 0 Å². The molecule has 3 amide bonds. The third kappa shape index (κ3) is 8.23. The summed E-state index contributed by atoms with van der Waals surface area (Å²) in [5.41, 5.74) is 2.43. The molecule has 0 saturated carbocycles. The van der Waals surface area contributed by atoms with Crippen LogP contribution in [0.5, 0.6) is 5.75 Å². The molecule has 0 saturated heterocycles. The van der Waals surface area contributed by atoms with E-state index in [9.17, 15) is 14.4 Å². The molecule has 4 aromatic rings. The summed E-state index contributed by atoms with van der Waals surface area (Å²) in [6.07, 6.45) is 1.62. The van der Waals surface area contributed by atoms with E-state index in [1.165, 1.54) is 18.9 Å². The molecule has 40 heavy (non-hydrogen) atoms. The van der Waals surface area contributed by atoms with Gasteiger partial charge in [-0.1, -0.05) is 60.1 Å². The summed E-state index contributed by atoms with van der Waals surface area (Å²) in [5, 5.41) is 8.76. The Balaban J connectivity index is 1.37. The Bertz CT molecular complexity index is 1510. The number of thioether (sulfide) groups is 1. The van der Waals surface area contributed by atoms with E-state index in [2.05, 4.69) is 16.0 Å². The number of halogens is 1. The van der Waals surface area contributed by atoms with E-state index in [0.717, 1.165) is 10.5 Å². The zero-order chi connectivity index (χ0) is 28.3. The van der Waals surface area contributed by atoms with Crippen LogP contribution in [0.1, 0.15) is 15.9 Å². The highest BCUT2D eigenvalue weighted by atomic mass is 35.5. The van der Waals surface area contributed by atoms with Gasteiger partial charge in [-0.25, -0.2) is 0 Å². The van der Waals surface area contributed by atoms with Crippen molar-refractivity contribution in [3.05, 3.63) is 125 Å². The van der Waals surface area contributed by atoms with Gasteiger partial charge in [0.25, 0.3) is 11.8 Å².